The first-order chi connectivity index (χ1) is 8.59. The Hall–Kier alpha value is -1.51. The second-order valence-corrected chi connectivity index (χ2v) is 3.41. The van der Waals surface area contributed by atoms with E-state index in [9.17, 15) is 30.7 Å². The first kappa shape index (κ1) is 15.5. The highest BCUT2D eigenvalue weighted by Crippen LogP contribution is 2.31. The van der Waals surface area contributed by atoms with Crippen LogP contribution in [0, 0.1) is 5.82 Å². The van der Waals surface area contributed by atoms with E-state index in [1.165, 1.54) is 0 Å². The van der Waals surface area contributed by atoms with Gasteiger partial charge in [-0.1, -0.05) is 0 Å². The molecule has 0 heterocycles. The lowest BCUT2D eigenvalue weighted by atomic mass is 10.2. The van der Waals surface area contributed by atoms with Crippen molar-refractivity contribution in [3.63, 3.8) is 0 Å². The van der Waals surface area contributed by atoms with Crippen LogP contribution < -0.4 is 5.32 Å². The maximum atomic E-state index is 13.1. The minimum atomic E-state index is -4.84. The van der Waals surface area contributed by atoms with Crippen LogP contribution in [-0.2, 0) is 10.9 Å². The van der Waals surface area contributed by atoms with Crippen molar-refractivity contribution in [1.29, 1.82) is 0 Å². The predicted octanol–water partition coefficient (Wildman–Crippen LogP) is 3.79. The molecule has 9 heteroatoms. The number of anilines is 1. The molecule has 0 aliphatic carbocycles. The largest absolute Gasteiger partial charge is 0.522 e. The number of rotatable bonds is 4. The summed E-state index contributed by atoms with van der Waals surface area (Å²) in [5.74, 6) is -1.000. The van der Waals surface area contributed by atoms with Gasteiger partial charge in [0.2, 0.25) is 0 Å². The maximum absolute atomic E-state index is 13.1. The highest BCUT2D eigenvalue weighted by atomic mass is 19.4. The van der Waals surface area contributed by atoms with Crippen molar-refractivity contribution < 1.29 is 35.5 Å². The van der Waals surface area contributed by atoms with Crippen LogP contribution in [0.25, 0.3) is 0 Å². The maximum Gasteiger partial charge on any atom is 0.522 e. The second-order valence-electron chi connectivity index (χ2n) is 3.41. The molecule has 0 spiro atoms. The van der Waals surface area contributed by atoms with Crippen LogP contribution in [0.4, 0.5) is 36.4 Å². The lowest BCUT2D eigenvalue weighted by Crippen LogP contribution is -2.19. The highest BCUT2D eigenvalue weighted by Gasteiger charge is 2.31. The Bertz CT molecular complexity index is 427. The fourth-order valence-electron chi connectivity index (χ4n) is 1.19. The van der Waals surface area contributed by atoms with Gasteiger partial charge in [-0.3, -0.25) is 4.74 Å². The molecule has 1 aromatic carbocycles. The van der Waals surface area contributed by atoms with E-state index in [4.69, 9.17) is 0 Å². The molecule has 0 amide bonds. The van der Waals surface area contributed by atoms with Crippen LogP contribution in [0.15, 0.2) is 18.2 Å². The van der Waals surface area contributed by atoms with Crippen LogP contribution in [0.2, 0.25) is 0 Å². The minimum Gasteiger partial charge on any atom is -0.380 e. The van der Waals surface area contributed by atoms with E-state index in [0.29, 0.717) is 18.2 Å². The van der Waals surface area contributed by atoms with Gasteiger partial charge in [-0.15, -0.1) is 13.2 Å². The summed E-state index contributed by atoms with van der Waals surface area (Å²) in [4.78, 5) is 0. The van der Waals surface area contributed by atoms with Crippen LogP contribution in [0.1, 0.15) is 5.56 Å². The Kier molecular flexibility index (Phi) is 4.61. The van der Waals surface area contributed by atoms with Gasteiger partial charge in [-0.05, 0) is 18.2 Å². The molecule has 0 bridgehead atoms. The summed E-state index contributed by atoms with van der Waals surface area (Å²) in [6.45, 7) is -1.34. The molecule has 19 heavy (non-hydrogen) atoms. The summed E-state index contributed by atoms with van der Waals surface area (Å²) in [7, 11) is 0. The molecular weight excluding hydrogens is 283 g/mol. The third kappa shape index (κ3) is 5.33. The number of nitrogens with one attached hydrogen (secondary N) is 1. The topological polar surface area (TPSA) is 21.3 Å². The highest BCUT2D eigenvalue weighted by molar-refractivity contribution is 5.48. The molecule has 0 unspecified atom stereocenters. The smallest absolute Gasteiger partial charge is 0.380 e. The fraction of sp³-hybridized carbons (Fsp3) is 0.400. The zero-order valence-corrected chi connectivity index (χ0v) is 9.20. The quantitative estimate of drug-likeness (QED) is 0.673. The third-order valence-electron chi connectivity index (χ3n) is 1.98. The number of alkyl halides is 6. The molecule has 2 nitrogen and oxygen atoms in total. The van der Waals surface area contributed by atoms with E-state index in [2.05, 4.69) is 10.1 Å². The van der Waals surface area contributed by atoms with Crippen molar-refractivity contribution in [2.24, 2.45) is 0 Å². The van der Waals surface area contributed by atoms with E-state index < -0.39 is 42.8 Å². The van der Waals surface area contributed by atoms with Crippen molar-refractivity contribution in [1.82, 2.24) is 0 Å². The molecule has 1 rings (SSSR count). The normalized spacial score (nSPS) is 12.6. The number of ether oxygens (including phenoxy) is 1. The number of hydrogen-bond donors (Lipinski definition) is 1. The van der Waals surface area contributed by atoms with Gasteiger partial charge in [-0.2, -0.15) is 13.2 Å². The van der Waals surface area contributed by atoms with Gasteiger partial charge < -0.3 is 5.32 Å². The molecule has 0 saturated heterocycles. The molecule has 0 saturated carbocycles. The minimum absolute atomic E-state index is 0.475. The SMILES string of the molecule is Fc1ccc(C(F)(F)F)cc1NCCOC(F)(F)F. The van der Waals surface area contributed by atoms with Crippen molar-refractivity contribution in [2.45, 2.75) is 12.5 Å². The molecule has 0 aliphatic rings. The second kappa shape index (κ2) is 5.64. The number of hydrogen-bond acceptors (Lipinski definition) is 2. The van der Waals surface area contributed by atoms with Crippen molar-refractivity contribution >= 4 is 5.69 Å². The van der Waals surface area contributed by atoms with Crippen molar-refractivity contribution in [2.75, 3.05) is 18.5 Å². The molecule has 1 N–H and O–H groups in total. The summed E-state index contributed by atoms with van der Waals surface area (Å²) >= 11 is 0. The molecular formula is C10H8F7NO. The average molecular weight is 291 g/mol. The molecule has 1 aromatic rings. The summed E-state index contributed by atoms with van der Waals surface area (Å²) in [6, 6.07) is 1.59. The van der Waals surface area contributed by atoms with E-state index in [1.54, 1.807) is 0 Å². The van der Waals surface area contributed by atoms with Crippen LogP contribution in [0.5, 0.6) is 0 Å². The van der Waals surface area contributed by atoms with Gasteiger partial charge in [0.05, 0.1) is 17.9 Å². The monoisotopic (exact) mass is 291 g/mol. The zero-order valence-electron chi connectivity index (χ0n) is 9.20. The first-order valence-corrected chi connectivity index (χ1v) is 4.91. The van der Waals surface area contributed by atoms with Crippen LogP contribution in [-0.4, -0.2) is 19.5 Å². The van der Waals surface area contributed by atoms with E-state index in [0.717, 1.165) is 0 Å². The fourth-order valence-corrected chi connectivity index (χ4v) is 1.19. The molecule has 0 radical (unpaired) electrons. The van der Waals surface area contributed by atoms with E-state index in [-0.39, 0.29) is 0 Å². The Morgan fingerprint density at radius 2 is 1.68 bits per heavy atom. The molecule has 0 aromatic heterocycles. The van der Waals surface area contributed by atoms with Gasteiger partial charge >= 0.3 is 12.5 Å². The van der Waals surface area contributed by atoms with Gasteiger partial charge in [0.15, 0.2) is 0 Å². The van der Waals surface area contributed by atoms with Gasteiger partial charge in [-0.25, -0.2) is 4.39 Å². The van der Waals surface area contributed by atoms with Crippen LogP contribution in [0.3, 0.4) is 0 Å². The van der Waals surface area contributed by atoms with Gasteiger partial charge in [0.1, 0.15) is 5.82 Å². The Balaban J connectivity index is 2.63. The molecule has 0 atom stereocenters. The molecule has 0 aliphatic heterocycles. The lowest BCUT2D eigenvalue weighted by Gasteiger charge is -2.12. The first-order valence-electron chi connectivity index (χ1n) is 4.91. The average Bonchev–Trinajstić information content (AvgIpc) is 2.23. The van der Waals surface area contributed by atoms with E-state index >= 15 is 0 Å². The summed E-state index contributed by atoms with van der Waals surface area (Å²) < 4.78 is 88.3. The van der Waals surface area contributed by atoms with Crippen molar-refractivity contribution in [3.05, 3.63) is 29.6 Å². The van der Waals surface area contributed by atoms with E-state index in [1.807, 2.05) is 0 Å². The van der Waals surface area contributed by atoms with Crippen molar-refractivity contribution in [3.8, 4) is 0 Å². The molecule has 108 valence electrons. The number of halogens is 7. The Labute approximate surface area is 103 Å². The third-order valence-corrected chi connectivity index (χ3v) is 1.98. The summed E-state index contributed by atoms with van der Waals surface area (Å²) in [5, 5.41) is 2.10. The number of benzene rings is 1. The van der Waals surface area contributed by atoms with Gasteiger partial charge in [0.25, 0.3) is 0 Å². The standard InChI is InChI=1S/C10H8F7NO/c11-7-2-1-6(9(12,13)14)5-8(7)18-3-4-19-10(15,16)17/h1-2,5,18H,3-4H2. The predicted molar refractivity (Wildman–Crippen MR) is 51.9 cm³/mol. The van der Waals surface area contributed by atoms with Crippen LogP contribution >= 0.6 is 0 Å². The Morgan fingerprint density at radius 3 is 2.21 bits per heavy atom. The lowest BCUT2D eigenvalue weighted by molar-refractivity contribution is -0.322. The zero-order chi connectivity index (χ0) is 14.7. The summed E-state index contributed by atoms with van der Waals surface area (Å²) in [5.41, 5.74) is -1.64. The molecule has 0 fully saturated rings. The Morgan fingerprint density at radius 1 is 1.05 bits per heavy atom. The summed E-state index contributed by atoms with van der Waals surface area (Å²) in [6.07, 6.45) is -9.50. The van der Waals surface area contributed by atoms with Gasteiger partial charge in [0, 0.05) is 6.54 Å².